The zero-order valence-corrected chi connectivity index (χ0v) is 10.0. The third-order valence-electron chi connectivity index (χ3n) is 2.94. The molecule has 0 amide bonds. The lowest BCUT2D eigenvalue weighted by Gasteiger charge is -2.17. The van der Waals surface area contributed by atoms with Gasteiger partial charge < -0.3 is 25.4 Å². The molecule has 4 N–H and O–H groups in total. The van der Waals surface area contributed by atoms with Crippen molar-refractivity contribution in [3.8, 4) is 0 Å². The summed E-state index contributed by atoms with van der Waals surface area (Å²) < 4.78 is 19.4. The summed E-state index contributed by atoms with van der Waals surface area (Å²) in [6, 6.07) is 0. The van der Waals surface area contributed by atoms with E-state index in [1.807, 2.05) is 0 Å². The molecule has 2 heterocycles. The molecule has 1 unspecified atom stereocenters. The summed E-state index contributed by atoms with van der Waals surface area (Å²) in [5.74, 6) is -1.03. The number of aliphatic hydroxyl groups is 3. The van der Waals surface area contributed by atoms with Crippen LogP contribution in [0.4, 0.5) is 10.2 Å². The van der Waals surface area contributed by atoms with E-state index in [-0.39, 0.29) is 5.82 Å². The second kappa shape index (κ2) is 5.21. The molecule has 19 heavy (non-hydrogen) atoms. The molecule has 4 atom stereocenters. The quantitative estimate of drug-likeness (QED) is 0.506. The predicted molar refractivity (Wildman–Crippen MR) is 61.0 cm³/mol. The molecule has 106 valence electrons. The van der Waals surface area contributed by atoms with Crippen molar-refractivity contribution in [2.24, 2.45) is 0 Å². The molecule has 1 aliphatic rings. The summed E-state index contributed by atoms with van der Waals surface area (Å²) in [6.45, 7) is -0.534. The first-order valence-electron chi connectivity index (χ1n) is 5.58. The average molecular weight is 275 g/mol. The molecule has 2 rings (SSSR count). The lowest BCUT2D eigenvalue weighted by molar-refractivity contribution is -0.0553. The van der Waals surface area contributed by atoms with Gasteiger partial charge in [0.1, 0.15) is 18.3 Å². The second-order valence-electron chi connectivity index (χ2n) is 4.11. The van der Waals surface area contributed by atoms with Crippen molar-refractivity contribution in [2.75, 3.05) is 19.0 Å². The van der Waals surface area contributed by atoms with Crippen LogP contribution in [0.2, 0.25) is 0 Å². The standard InChI is InChI=1S/C10H14FN3O5/c1-12-8-4(11)2-14(10(18)13-8)9-7(17)6(16)5(3-15)19-9/h2,5-7,9,15-17H,3H2,1H3,(H,12,13,18)/t5-,6-,7-,9?/m1/s1. The minimum absolute atomic E-state index is 0.229. The van der Waals surface area contributed by atoms with E-state index in [9.17, 15) is 19.4 Å². The highest BCUT2D eigenvalue weighted by molar-refractivity contribution is 5.32. The summed E-state index contributed by atoms with van der Waals surface area (Å²) >= 11 is 0. The van der Waals surface area contributed by atoms with Gasteiger partial charge in [0.2, 0.25) is 0 Å². The largest absolute Gasteiger partial charge is 0.394 e. The van der Waals surface area contributed by atoms with Gasteiger partial charge in [-0.25, -0.2) is 9.18 Å². The van der Waals surface area contributed by atoms with E-state index in [0.29, 0.717) is 0 Å². The number of hydrogen-bond donors (Lipinski definition) is 4. The molecule has 1 aliphatic heterocycles. The first-order valence-corrected chi connectivity index (χ1v) is 5.58. The molecule has 0 radical (unpaired) electrons. The van der Waals surface area contributed by atoms with Gasteiger partial charge in [0, 0.05) is 7.05 Å². The lowest BCUT2D eigenvalue weighted by atomic mass is 10.1. The van der Waals surface area contributed by atoms with E-state index in [1.165, 1.54) is 7.05 Å². The highest BCUT2D eigenvalue weighted by atomic mass is 19.1. The molecule has 1 aromatic heterocycles. The van der Waals surface area contributed by atoms with Crippen LogP contribution < -0.4 is 11.0 Å². The lowest BCUT2D eigenvalue weighted by Crippen LogP contribution is -2.36. The summed E-state index contributed by atoms with van der Waals surface area (Å²) in [7, 11) is 1.40. The summed E-state index contributed by atoms with van der Waals surface area (Å²) in [5.41, 5.74) is -0.847. The van der Waals surface area contributed by atoms with Gasteiger partial charge >= 0.3 is 5.69 Å². The van der Waals surface area contributed by atoms with E-state index in [2.05, 4.69) is 10.3 Å². The van der Waals surface area contributed by atoms with Crippen molar-refractivity contribution in [3.63, 3.8) is 0 Å². The van der Waals surface area contributed by atoms with Crippen molar-refractivity contribution < 1.29 is 24.4 Å². The molecule has 0 aromatic carbocycles. The number of rotatable bonds is 3. The van der Waals surface area contributed by atoms with Gasteiger partial charge in [0.15, 0.2) is 17.9 Å². The van der Waals surface area contributed by atoms with Crippen LogP contribution in [0.15, 0.2) is 11.0 Å². The van der Waals surface area contributed by atoms with Gasteiger partial charge in [-0.3, -0.25) is 4.57 Å². The van der Waals surface area contributed by atoms with Gasteiger partial charge in [-0.1, -0.05) is 0 Å². The number of nitrogens with zero attached hydrogens (tertiary/aromatic N) is 2. The molecule has 1 fully saturated rings. The fourth-order valence-electron chi connectivity index (χ4n) is 1.91. The Morgan fingerprint density at radius 1 is 1.53 bits per heavy atom. The molecular formula is C10H14FN3O5. The Hall–Kier alpha value is -1.55. The number of aliphatic hydroxyl groups excluding tert-OH is 3. The molecule has 8 nitrogen and oxygen atoms in total. The smallest absolute Gasteiger partial charge is 0.351 e. The van der Waals surface area contributed by atoms with Crippen LogP contribution in [-0.2, 0) is 4.74 Å². The van der Waals surface area contributed by atoms with Crippen molar-refractivity contribution in [1.82, 2.24) is 9.55 Å². The van der Waals surface area contributed by atoms with Crippen LogP contribution in [0.5, 0.6) is 0 Å². The Balaban J connectivity index is 2.38. The maximum absolute atomic E-state index is 13.6. The van der Waals surface area contributed by atoms with Crippen molar-refractivity contribution >= 4 is 5.82 Å². The van der Waals surface area contributed by atoms with E-state index < -0.39 is 42.7 Å². The van der Waals surface area contributed by atoms with E-state index in [0.717, 1.165) is 10.8 Å². The van der Waals surface area contributed by atoms with Crippen LogP contribution in [0.1, 0.15) is 6.23 Å². The molecule has 0 aliphatic carbocycles. The SMILES string of the molecule is CNc1nc(=O)n(C2O[C@H](CO)[C@@H](O)[C@H]2O)cc1F. The Labute approximate surface area is 107 Å². The number of hydrogen-bond acceptors (Lipinski definition) is 7. The van der Waals surface area contributed by atoms with Gasteiger partial charge in [0.25, 0.3) is 0 Å². The number of anilines is 1. The highest BCUT2D eigenvalue weighted by Gasteiger charge is 2.43. The molecule has 0 spiro atoms. The van der Waals surface area contributed by atoms with Crippen LogP contribution in [-0.4, -0.2) is 56.8 Å². The van der Waals surface area contributed by atoms with Crippen LogP contribution in [0.25, 0.3) is 0 Å². The first kappa shape index (κ1) is 13.9. The zero-order chi connectivity index (χ0) is 14.2. The van der Waals surface area contributed by atoms with E-state index in [1.54, 1.807) is 0 Å². The maximum atomic E-state index is 13.6. The van der Waals surface area contributed by atoms with Gasteiger partial charge in [-0.2, -0.15) is 4.98 Å². The van der Waals surface area contributed by atoms with Gasteiger partial charge in [-0.15, -0.1) is 0 Å². The van der Waals surface area contributed by atoms with E-state index in [4.69, 9.17) is 9.84 Å². The monoisotopic (exact) mass is 275 g/mol. The normalized spacial score (nSPS) is 30.6. The minimum Gasteiger partial charge on any atom is -0.394 e. The molecule has 1 saturated heterocycles. The average Bonchev–Trinajstić information content (AvgIpc) is 2.68. The van der Waals surface area contributed by atoms with E-state index >= 15 is 0 Å². The topological polar surface area (TPSA) is 117 Å². The number of ether oxygens (including phenoxy) is 1. The van der Waals surface area contributed by atoms with Gasteiger partial charge in [-0.05, 0) is 0 Å². The number of aromatic nitrogens is 2. The van der Waals surface area contributed by atoms with Crippen molar-refractivity contribution in [1.29, 1.82) is 0 Å². The Bertz CT molecular complexity index is 522. The fourth-order valence-corrected chi connectivity index (χ4v) is 1.91. The van der Waals surface area contributed by atoms with Crippen LogP contribution in [0, 0.1) is 5.82 Å². The molecule has 1 aromatic rings. The predicted octanol–water partition coefficient (Wildman–Crippen LogP) is -1.96. The number of nitrogens with one attached hydrogen (secondary N) is 1. The van der Waals surface area contributed by atoms with Crippen LogP contribution in [0.3, 0.4) is 0 Å². The van der Waals surface area contributed by atoms with Crippen molar-refractivity contribution in [3.05, 3.63) is 22.5 Å². The van der Waals surface area contributed by atoms with Crippen molar-refractivity contribution in [2.45, 2.75) is 24.5 Å². The fraction of sp³-hybridized carbons (Fsp3) is 0.600. The summed E-state index contributed by atoms with van der Waals surface area (Å²) in [6.07, 6.45) is -4.35. The number of halogens is 1. The summed E-state index contributed by atoms with van der Waals surface area (Å²) in [5, 5.41) is 30.7. The van der Waals surface area contributed by atoms with Gasteiger partial charge in [0.05, 0.1) is 12.8 Å². The Kier molecular flexibility index (Phi) is 3.80. The molecule has 0 bridgehead atoms. The highest BCUT2D eigenvalue weighted by Crippen LogP contribution is 2.28. The molecule has 0 saturated carbocycles. The zero-order valence-electron chi connectivity index (χ0n) is 10.0. The first-order chi connectivity index (χ1) is 8.99. The Morgan fingerprint density at radius 2 is 2.21 bits per heavy atom. The Morgan fingerprint density at radius 3 is 2.74 bits per heavy atom. The second-order valence-corrected chi connectivity index (χ2v) is 4.11. The summed E-state index contributed by atoms with van der Waals surface area (Å²) in [4.78, 5) is 15.1. The molecule has 9 heteroatoms. The molecular weight excluding hydrogens is 261 g/mol. The van der Waals surface area contributed by atoms with Crippen LogP contribution >= 0.6 is 0 Å². The third kappa shape index (κ3) is 2.32. The third-order valence-corrected chi connectivity index (χ3v) is 2.94. The minimum atomic E-state index is -1.46. The maximum Gasteiger partial charge on any atom is 0.351 e.